The van der Waals surface area contributed by atoms with Gasteiger partial charge in [0.2, 0.25) is 0 Å². The second kappa shape index (κ2) is 6.75. The summed E-state index contributed by atoms with van der Waals surface area (Å²) in [5.74, 6) is 0.951. The molecule has 1 rings (SSSR count). The number of methoxy groups -OCH3 is 1. The Morgan fingerprint density at radius 1 is 1.53 bits per heavy atom. The smallest absolute Gasteiger partial charge is 0.0993 e. The largest absolute Gasteiger partial charge is 0.501 e. The Morgan fingerprint density at radius 2 is 2.29 bits per heavy atom. The number of ether oxygens (including phenoxy) is 1. The number of hydrogen-bond donors (Lipinski definition) is 0. The van der Waals surface area contributed by atoms with Crippen LogP contribution in [0.3, 0.4) is 0 Å². The molecule has 90 valence electrons. The number of rotatable bonds is 4. The molecule has 0 aromatic carbocycles. The van der Waals surface area contributed by atoms with Crippen molar-refractivity contribution in [3.8, 4) is 6.07 Å². The van der Waals surface area contributed by atoms with Crippen molar-refractivity contribution in [3.63, 3.8) is 0 Å². The first-order chi connectivity index (χ1) is 8.22. The minimum Gasteiger partial charge on any atom is -0.501 e. The topological polar surface area (TPSA) is 33.0 Å². The summed E-state index contributed by atoms with van der Waals surface area (Å²) < 4.78 is 5.25. The Balaban J connectivity index is 3.02. The molecule has 1 aliphatic carbocycles. The maximum atomic E-state index is 8.87. The highest BCUT2D eigenvalue weighted by molar-refractivity contribution is 5.49. The van der Waals surface area contributed by atoms with E-state index in [-0.39, 0.29) is 0 Å². The van der Waals surface area contributed by atoms with E-state index < -0.39 is 0 Å². The van der Waals surface area contributed by atoms with Crippen LogP contribution >= 0.6 is 0 Å². The van der Waals surface area contributed by atoms with Crippen molar-refractivity contribution in [1.82, 2.24) is 0 Å². The van der Waals surface area contributed by atoms with Crippen molar-refractivity contribution in [3.05, 3.63) is 46.8 Å². The molecule has 2 heteroatoms. The zero-order chi connectivity index (χ0) is 12.7. The molecule has 0 spiro atoms. The second-order valence-corrected chi connectivity index (χ2v) is 3.98. The van der Waals surface area contributed by atoms with E-state index in [9.17, 15) is 0 Å². The average molecular weight is 229 g/mol. The van der Waals surface area contributed by atoms with E-state index in [2.05, 4.69) is 38.1 Å². The van der Waals surface area contributed by atoms with Crippen LogP contribution in [0, 0.1) is 11.3 Å². The van der Waals surface area contributed by atoms with Crippen molar-refractivity contribution in [1.29, 1.82) is 5.26 Å². The minimum atomic E-state index is 0.465. The molecule has 17 heavy (non-hydrogen) atoms. The van der Waals surface area contributed by atoms with E-state index in [1.54, 1.807) is 7.11 Å². The van der Waals surface area contributed by atoms with Gasteiger partial charge < -0.3 is 4.74 Å². The molecule has 0 bridgehead atoms. The molecule has 0 saturated heterocycles. The van der Waals surface area contributed by atoms with Gasteiger partial charge in [0.15, 0.2) is 0 Å². The van der Waals surface area contributed by atoms with Crippen LogP contribution < -0.4 is 0 Å². The third-order valence-corrected chi connectivity index (χ3v) is 2.78. The van der Waals surface area contributed by atoms with E-state index in [4.69, 9.17) is 10.00 Å². The average Bonchev–Trinajstić information content (AvgIpc) is 2.51. The summed E-state index contributed by atoms with van der Waals surface area (Å²) in [6.45, 7) is 4.16. The van der Waals surface area contributed by atoms with Gasteiger partial charge in [0.1, 0.15) is 0 Å². The van der Waals surface area contributed by atoms with Crippen molar-refractivity contribution < 1.29 is 4.74 Å². The van der Waals surface area contributed by atoms with Gasteiger partial charge in [-0.05, 0) is 36.1 Å². The minimum absolute atomic E-state index is 0.465. The number of nitrogens with zero attached hydrogens (tertiary/aromatic N) is 1. The fraction of sp³-hybridized carbons (Fsp3) is 0.400. The molecule has 0 heterocycles. The van der Waals surface area contributed by atoms with Crippen molar-refractivity contribution in [2.45, 2.75) is 33.1 Å². The lowest BCUT2D eigenvalue weighted by Crippen LogP contribution is -1.92. The van der Waals surface area contributed by atoms with E-state index in [1.165, 1.54) is 11.1 Å². The summed E-state index contributed by atoms with van der Waals surface area (Å²) in [4.78, 5) is 0. The van der Waals surface area contributed by atoms with Crippen LogP contribution in [0.25, 0.3) is 0 Å². The molecule has 2 nitrogen and oxygen atoms in total. The maximum Gasteiger partial charge on any atom is 0.0993 e. The van der Waals surface area contributed by atoms with Gasteiger partial charge in [-0.15, -0.1) is 0 Å². The van der Waals surface area contributed by atoms with Gasteiger partial charge in [0, 0.05) is 6.42 Å². The zero-order valence-electron chi connectivity index (χ0n) is 10.8. The standard InChI is InChI=1S/C15H19NO/c1-4-5-13(10-11-16)15-9-8-14(17-3)7-6-12(15)2/h5-7,9H,4,8,10H2,1-3H3/b13-5-. The highest BCUT2D eigenvalue weighted by atomic mass is 16.5. The van der Waals surface area contributed by atoms with Crippen LogP contribution in [0.1, 0.15) is 33.1 Å². The summed E-state index contributed by atoms with van der Waals surface area (Å²) in [5, 5.41) is 8.87. The molecule has 0 radical (unpaired) electrons. The van der Waals surface area contributed by atoms with Crippen molar-refractivity contribution >= 4 is 0 Å². The predicted octanol–water partition coefficient (Wildman–Crippen LogP) is 4.04. The molecule has 0 aromatic rings. The van der Waals surface area contributed by atoms with Gasteiger partial charge in [-0.2, -0.15) is 5.26 Å². The number of allylic oxidation sites excluding steroid dienone is 7. The summed E-state index contributed by atoms with van der Waals surface area (Å²) in [6, 6.07) is 2.23. The summed E-state index contributed by atoms with van der Waals surface area (Å²) in [7, 11) is 1.69. The number of hydrogen-bond acceptors (Lipinski definition) is 2. The van der Waals surface area contributed by atoms with Crippen LogP contribution in [0.15, 0.2) is 46.8 Å². The second-order valence-electron chi connectivity index (χ2n) is 3.98. The van der Waals surface area contributed by atoms with Gasteiger partial charge in [0.05, 0.1) is 25.4 Å². The van der Waals surface area contributed by atoms with Gasteiger partial charge in [-0.1, -0.05) is 25.2 Å². The lowest BCUT2D eigenvalue weighted by atomic mass is 9.95. The van der Waals surface area contributed by atoms with E-state index in [1.807, 2.05) is 6.08 Å². The van der Waals surface area contributed by atoms with E-state index >= 15 is 0 Å². The van der Waals surface area contributed by atoms with Crippen LogP contribution in [-0.4, -0.2) is 7.11 Å². The lowest BCUT2D eigenvalue weighted by Gasteiger charge is -2.09. The van der Waals surface area contributed by atoms with Gasteiger partial charge in [-0.3, -0.25) is 0 Å². The van der Waals surface area contributed by atoms with Crippen molar-refractivity contribution in [2.24, 2.45) is 0 Å². The molecule has 0 aromatic heterocycles. The van der Waals surface area contributed by atoms with Gasteiger partial charge >= 0.3 is 0 Å². The molecule has 0 fully saturated rings. The molecular formula is C15H19NO. The van der Waals surface area contributed by atoms with Crippen molar-refractivity contribution in [2.75, 3.05) is 7.11 Å². The summed E-state index contributed by atoms with van der Waals surface area (Å²) in [5.41, 5.74) is 3.48. The van der Waals surface area contributed by atoms with E-state index in [0.717, 1.165) is 24.2 Å². The molecule has 0 N–H and O–H groups in total. The van der Waals surface area contributed by atoms with Crippen LogP contribution in [-0.2, 0) is 4.74 Å². The Bertz CT molecular complexity index is 430. The Labute approximate surface area is 104 Å². The normalized spacial score (nSPS) is 16.4. The monoisotopic (exact) mass is 229 g/mol. The highest BCUT2D eigenvalue weighted by Gasteiger charge is 2.09. The Hall–Kier alpha value is -1.75. The Morgan fingerprint density at radius 3 is 2.88 bits per heavy atom. The third-order valence-electron chi connectivity index (χ3n) is 2.78. The lowest BCUT2D eigenvalue weighted by molar-refractivity contribution is 0.285. The van der Waals surface area contributed by atoms with E-state index in [0.29, 0.717) is 6.42 Å². The first-order valence-electron chi connectivity index (χ1n) is 5.91. The summed E-state index contributed by atoms with van der Waals surface area (Å²) in [6.07, 6.45) is 10.5. The molecule has 1 aliphatic rings. The maximum absolute atomic E-state index is 8.87. The first kappa shape index (κ1) is 13.3. The number of nitriles is 1. The third kappa shape index (κ3) is 3.64. The highest BCUT2D eigenvalue weighted by Crippen LogP contribution is 2.26. The van der Waals surface area contributed by atoms with Gasteiger partial charge in [-0.25, -0.2) is 0 Å². The van der Waals surface area contributed by atoms with Gasteiger partial charge in [0.25, 0.3) is 0 Å². The predicted molar refractivity (Wildman–Crippen MR) is 70.2 cm³/mol. The fourth-order valence-electron chi connectivity index (χ4n) is 1.88. The molecular weight excluding hydrogens is 210 g/mol. The quantitative estimate of drug-likeness (QED) is 0.728. The molecule has 0 atom stereocenters. The molecule has 0 unspecified atom stereocenters. The van der Waals surface area contributed by atoms with Crippen LogP contribution in [0.5, 0.6) is 0 Å². The van der Waals surface area contributed by atoms with Crippen LogP contribution in [0.4, 0.5) is 0 Å². The fourth-order valence-corrected chi connectivity index (χ4v) is 1.88. The molecule has 0 aliphatic heterocycles. The zero-order valence-corrected chi connectivity index (χ0v) is 10.8. The molecule has 0 saturated carbocycles. The van der Waals surface area contributed by atoms with Crippen LogP contribution in [0.2, 0.25) is 0 Å². The molecule has 0 amide bonds. The first-order valence-corrected chi connectivity index (χ1v) is 5.91. The Kier molecular flexibility index (Phi) is 5.29. The summed E-state index contributed by atoms with van der Waals surface area (Å²) >= 11 is 0. The SMILES string of the molecule is CC/C=C(/CC#N)C1=CCC(OC)=CC=C1C.